The van der Waals surface area contributed by atoms with Crippen LogP contribution in [0.2, 0.25) is 5.02 Å². The molecule has 1 heterocycles. The molecule has 2 rings (SSSR count). The van der Waals surface area contributed by atoms with Crippen molar-refractivity contribution in [1.82, 2.24) is 14.8 Å². The lowest BCUT2D eigenvalue weighted by Gasteiger charge is -2.09. The Bertz CT molecular complexity index is 574. The van der Waals surface area contributed by atoms with E-state index < -0.39 is 5.82 Å². The molecule has 0 aliphatic carbocycles. The summed E-state index contributed by atoms with van der Waals surface area (Å²) in [7, 11) is 1.59. The van der Waals surface area contributed by atoms with Gasteiger partial charge in [-0.1, -0.05) is 17.7 Å². The van der Waals surface area contributed by atoms with E-state index in [2.05, 4.69) is 10.2 Å². The first-order valence-corrected chi connectivity index (χ1v) is 6.51. The molecule has 4 nitrogen and oxygen atoms in total. The van der Waals surface area contributed by atoms with Gasteiger partial charge in [0, 0.05) is 13.7 Å². The van der Waals surface area contributed by atoms with Crippen molar-refractivity contribution < 1.29 is 9.13 Å². The van der Waals surface area contributed by atoms with Crippen LogP contribution in [-0.2, 0) is 17.2 Å². The van der Waals surface area contributed by atoms with Crippen LogP contribution in [0.15, 0.2) is 18.2 Å². The molecular weight excluding hydrogens is 292 g/mol. The van der Waals surface area contributed by atoms with Crippen molar-refractivity contribution in [1.29, 1.82) is 0 Å². The molecule has 0 amide bonds. The monoisotopic (exact) mass is 303 g/mol. The number of ether oxygens (including phenoxy) is 1. The van der Waals surface area contributed by atoms with Crippen LogP contribution in [0.3, 0.4) is 0 Å². The first-order chi connectivity index (χ1) is 9.19. The summed E-state index contributed by atoms with van der Waals surface area (Å²) in [4.78, 5) is 0. The molecular formula is C12H12Cl2FN3O. The van der Waals surface area contributed by atoms with E-state index in [4.69, 9.17) is 27.9 Å². The van der Waals surface area contributed by atoms with Gasteiger partial charge in [-0.2, -0.15) is 0 Å². The molecule has 0 saturated heterocycles. The molecule has 0 aliphatic rings. The van der Waals surface area contributed by atoms with Crippen molar-refractivity contribution in [3.05, 3.63) is 34.9 Å². The van der Waals surface area contributed by atoms with E-state index in [-0.39, 0.29) is 10.9 Å². The van der Waals surface area contributed by atoms with E-state index in [0.29, 0.717) is 30.4 Å². The Morgan fingerprint density at radius 1 is 1.37 bits per heavy atom. The summed E-state index contributed by atoms with van der Waals surface area (Å²) in [6, 6.07) is 4.75. The molecule has 0 fully saturated rings. The number of hydrogen-bond acceptors (Lipinski definition) is 3. The van der Waals surface area contributed by atoms with E-state index in [1.54, 1.807) is 23.8 Å². The van der Waals surface area contributed by atoms with Gasteiger partial charge in [0.2, 0.25) is 0 Å². The van der Waals surface area contributed by atoms with Gasteiger partial charge in [0.05, 0.1) is 23.1 Å². The molecule has 0 bridgehead atoms. The molecule has 0 radical (unpaired) electrons. The summed E-state index contributed by atoms with van der Waals surface area (Å²) < 4.78 is 20.8. The predicted octanol–water partition coefficient (Wildman–Crippen LogP) is 3.12. The van der Waals surface area contributed by atoms with Crippen LogP contribution in [0.1, 0.15) is 5.82 Å². The molecule has 0 atom stereocenters. The third kappa shape index (κ3) is 2.88. The highest BCUT2D eigenvalue weighted by Crippen LogP contribution is 2.27. The molecule has 1 aromatic heterocycles. The fraction of sp³-hybridized carbons (Fsp3) is 0.333. The summed E-state index contributed by atoms with van der Waals surface area (Å²) in [5.74, 6) is 0.635. The van der Waals surface area contributed by atoms with Gasteiger partial charge in [-0.05, 0) is 12.1 Å². The summed E-state index contributed by atoms with van der Waals surface area (Å²) in [6.45, 7) is 0.948. The molecule has 0 saturated carbocycles. The zero-order valence-electron chi connectivity index (χ0n) is 10.2. The largest absolute Gasteiger partial charge is 0.383 e. The lowest BCUT2D eigenvalue weighted by Crippen LogP contribution is -2.09. The first kappa shape index (κ1) is 14.2. The highest BCUT2D eigenvalue weighted by atomic mass is 35.5. The van der Waals surface area contributed by atoms with E-state index >= 15 is 0 Å². The van der Waals surface area contributed by atoms with Crippen LogP contribution in [0.25, 0.3) is 11.4 Å². The van der Waals surface area contributed by atoms with Crippen molar-refractivity contribution >= 4 is 23.2 Å². The third-order valence-corrected chi connectivity index (χ3v) is 3.19. The van der Waals surface area contributed by atoms with Crippen LogP contribution in [0.4, 0.5) is 4.39 Å². The number of rotatable bonds is 5. The van der Waals surface area contributed by atoms with Crippen LogP contribution in [0.5, 0.6) is 0 Å². The number of methoxy groups -OCH3 is 1. The highest BCUT2D eigenvalue weighted by Gasteiger charge is 2.17. The summed E-state index contributed by atoms with van der Waals surface area (Å²) in [5, 5.41) is 7.98. The van der Waals surface area contributed by atoms with Crippen LogP contribution in [-0.4, -0.2) is 28.5 Å². The Morgan fingerprint density at radius 3 is 2.84 bits per heavy atom. The molecule has 102 valence electrons. The second-order valence-corrected chi connectivity index (χ2v) is 4.49. The topological polar surface area (TPSA) is 39.9 Å². The molecule has 0 spiro atoms. The van der Waals surface area contributed by atoms with E-state index in [0.717, 1.165) is 0 Å². The maximum atomic E-state index is 14.0. The van der Waals surface area contributed by atoms with Gasteiger partial charge in [-0.15, -0.1) is 21.8 Å². The average molecular weight is 304 g/mol. The lowest BCUT2D eigenvalue weighted by atomic mass is 10.2. The predicted molar refractivity (Wildman–Crippen MR) is 71.9 cm³/mol. The van der Waals surface area contributed by atoms with Crippen molar-refractivity contribution in [2.45, 2.75) is 12.4 Å². The molecule has 7 heteroatoms. The molecule has 0 aliphatic heterocycles. The summed E-state index contributed by atoms with van der Waals surface area (Å²) >= 11 is 11.6. The van der Waals surface area contributed by atoms with Crippen molar-refractivity contribution in [3.8, 4) is 11.4 Å². The maximum absolute atomic E-state index is 14.0. The summed E-state index contributed by atoms with van der Waals surface area (Å²) in [6.07, 6.45) is 0. The quantitative estimate of drug-likeness (QED) is 0.797. The fourth-order valence-electron chi connectivity index (χ4n) is 1.73. The van der Waals surface area contributed by atoms with E-state index in [1.807, 2.05) is 0 Å². The molecule has 2 aromatic rings. The SMILES string of the molecule is COCCn1c(CCl)nnc1-c1cccc(Cl)c1F. The van der Waals surface area contributed by atoms with Crippen molar-refractivity contribution in [3.63, 3.8) is 0 Å². The van der Waals surface area contributed by atoms with Crippen molar-refractivity contribution in [2.75, 3.05) is 13.7 Å². The number of benzene rings is 1. The highest BCUT2D eigenvalue weighted by molar-refractivity contribution is 6.31. The lowest BCUT2D eigenvalue weighted by molar-refractivity contribution is 0.187. The van der Waals surface area contributed by atoms with Gasteiger partial charge in [0.1, 0.15) is 5.82 Å². The minimum atomic E-state index is -0.517. The summed E-state index contributed by atoms with van der Waals surface area (Å²) in [5.41, 5.74) is 0.299. The average Bonchev–Trinajstić information content (AvgIpc) is 2.82. The van der Waals surface area contributed by atoms with E-state index in [1.165, 1.54) is 6.07 Å². The normalized spacial score (nSPS) is 10.9. The minimum absolute atomic E-state index is 0.0474. The zero-order chi connectivity index (χ0) is 13.8. The first-order valence-electron chi connectivity index (χ1n) is 5.60. The van der Waals surface area contributed by atoms with Gasteiger partial charge in [0.25, 0.3) is 0 Å². The van der Waals surface area contributed by atoms with Gasteiger partial charge < -0.3 is 9.30 Å². The molecule has 19 heavy (non-hydrogen) atoms. The van der Waals surface area contributed by atoms with Crippen LogP contribution >= 0.6 is 23.2 Å². The number of aromatic nitrogens is 3. The standard InChI is InChI=1S/C12H12Cl2FN3O/c1-19-6-5-18-10(7-13)16-17-12(18)8-3-2-4-9(14)11(8)15/h2-4H,5-7H2,1H3. The van der Waals surface area contributed by atoms with Crippen LogP contribution in [0, 0.1) is 5.82 Å². The molecule has 1 aromatic carbocycles. The molecule has 0 N–H and O–H groups in total. The smallest absolute Gasteiger partial charge is 0.167 e. The van der Waals surface area contributed by atoms with Gasteiger partial charge >= 0.3 is 0 Å². The zero-order valence-corrected chi connectivity index (χ0v) is 11.7. The Labute approximate surface area is 120 Å². The Hall–Kier alpha value is -1.17. The number of hydrogen-bond donors (Lipinski definition) is 0. The van der Waals surface area contributed by atoms with Crippen LogP contribution < -0.4 is 0 Å². The second kappa shape index (κ2) is 6.32. The number of alkyl halides is 1. The van der Waals surface area contributed by atoms with Gasteiger partial charge in [0.15, 0.2) is 11.6 Å². The fourth-order valence-corrected chi connectivity index (χ4v) is 2.10. The third-order valence-electron chi connectivity index (χ3n) is 2.66. The Kier molecular flexibility index (Phi) is 4.74. The number of halogens is 3. The Balaban J connectivity index is 2.49. The van der Waals surface area contributed by atoms with Gasteiger partial charge in [-0.25, -0.2) is 4.39 Å². The minimum Gasteiger partial charge on any atom is -0.383 e. The van der Waals surface area contributed by atoms with Crippen molar-refractivity contribution in [2.24, 2.45) is 0 Å². The maximum Gasteiger partial charge on any atom is 0.167 e. The number of nitrogens with zero attached hydrogens (tertiary/aromatic N) is 3. The van der Waals surface area contributed by atoms with Gasteiger partial charge in [-0.3, -0.25) is 0 Å². The van der Waals surface area contributed by atoms with E-state index in [9.17, 15) is 4.39 Å². The Morgan fingerprint density at radius 2 is 2.16 bits per heavy atom. The molecule has 0 unspecified atom stereocenters. The second-order valence-electron chi connectivity index (χ2n) is 3.82.